The predicted octanol–water partition coefficient (Wildman–Crippen LogP) is 2.97. The third-order valence-electron chi connectivity index (χ3n) is 4.87. The number of carbonyl (C=O) groups is 2. The Balaban J connectivity index is 2.05. The molecule has 0 bridgehead atoms. The summed E-state index contributed by atoms with van der Waals surface area (Å²) in [6, 6.07) is 6.19. The molecule has 138 valence electrons. The Kier molecular flexibility index (Phi) is 5.23. The number of hydrogen-bond donors (Lipinski definition) is 0. The summed E-state index contributed by atoms with van der Waals surface area (Å²) in [5.41, 5.74) is 3.45. The van der Waals surface area contributed by atoms with Crippen LogP contribution in [-0.2, 0) is 11.3 Å². The molecule has 1 aromatic carbocycles. The summed E-state index contributed by atoms with van der Waals surface area (Å²) in [6.07, 6.45) is 0. The van der Waals surface area contributed by atoms with Crippen molar-refractivity contribution in [2.24, 2.45) is 0 Å². The first-order valence-electron chi connectivity index (χ1n) is 8.72. The zero-order chi connectivity index (χ0) is 18.8. The lowest BCUT2D eigenvalue weighted by atomic mass is 10.1. The lowest BCUT2D eigenvalue weighted by Crippen LogP contribution is -2.41. The molecule has 1 aliphatic rings. The maximum atomic E-state index is 13.2. The molecule has 26 heavy (non-hydrogen) atoms. The van der Waals surface area contributed by atoms with Crippen molar-refractivity contribution in [2.45, 2.75) is 27.3 Å². The molecule has 1 aromatic heterocycles. The second-order valence-electron chi connectivity index (χ2n) is 6.61. The third-order valence-corrected chi connectivity index (χ3v) is 4.87. The maximum absolute atomic E-state index is 13.2. The first-order valence-corrected chi connectivity index (χ1v) is 8.72. The van der Waals surface area contributed by atoms with Crippen molar-refractivity contribution in [1.82, 2.24) is 9.47 Å². The Labute approximate surface area is 152 Å². The van der Waals surface area contributed by atoms with E-state index in [1.54, 1.807) is 17.0 Å². The quantitative estimate of drug-likeness (QED) is 0.790. The van der Waals surface area contributed by atoms with Crippen LogP contribution in [0, 0.1) is 19.7 Å². The molecule has 0 saturated carbocycles. The van der Waals surface area contributed by atoms with Gasteiger partial charge in [0.15, 0.2) is 5.78 Å². The second-order valence-corrected chi connectivity index (χ2v) is 6.61. The number of carbonyl (C=O) groups excluding carboxylic acids is 2. The Morgan fingerprint density at radius 3 is 2.31 bits per heavy atom. The molecule has 1 aliphatic heterocycles. The van der Waals surface area contributed by atoms with Gasteiger partial charge in [0.25, 0.3) is 5.91 Å². The van der Waals surface area contributed by atoms with Crippen molar-refractivity contribution in [3.8, 4) is 0 Å². The van der Waals surface area contributed by atoms with Crippen LogP contribution in [0.4, 0.5) is 4.39 Å². The highest BCUT2D eigenvalue weighted by Gasteiger charge is 2.28. The van der Waals surface area contributed by atoms with Gasteiger partial charge in [0.2, 0.25) is 0 Å². The molecule has 0 radical (unpaired) electrons. The molecular formula is C20H23FN2O3. The smallest absolute Gasteiger partial charge is 0.270 e. The van der Waals surface area contributed by atoms with Gasteiger partial charge < -0.3 is 14.2 Å². The number of halogens is 1. The third kappa shape index (κ3) is 3.42. The highest BCUT2D eigenvalue weighted by molar-refractivity contribution is 6.03. The van der Waals surface area contributed by atoms with E-state index >= 15 is 0 Å². The van der Waals surface area contributed by atoms with Crippen LogP contribution >= 0.6 is 0 Å². The zero-order valence-corrected chi connectivity index (χ0v) is 15.3. The summed E-state index contributed by atoms with van der Waals surface area (Å²) in [7, 11) is 0. The summed E-state index contributed by atoms with van der Waals surface area (Å²) in [6.45, 7) is 7.70. The fourth-order valence-corrected chi connectivity index (χ4v) is 3.58. The van der Waals surface area contributed by atoms with Gasteiger partial charge in [0.1, 0.15) is 11.5 Å². The van der Waals surface area contributed by atoms with Crippen molar-refractivity contribution < 1.29 is 18.7 Å². The van der Waals surface area contributed by atoms with Crippen LogP contribution in [0.3, 0.4) is 0 Å². The normalized spacial score (nSPS) is 14.5. The van der Waals surface area contributed by atoms with Crippen LogP contribution in [0.25, 0.3) is 0 Å². The Morgan fingerprint density at radius 1 is 1.12 bits per heavy atom. The summed E-state index contributed by atoms with van der Waals surface area (Å²) >= 11 is 0. The molecule has 1 amide bonds. The molecule has 1 saturated heterocycles. The van der Waals surface area contributed by atoms with Crippen molar-refractivity contribution in [3.05, 3.63) is 58.2 Å². The fourth-order valence-electron chi connectivity index (χ4n) is 3.58. The van der Waals surface area contributed by atoms with E-state index in [0.717, 1.165) is 11.3 Å². The molecule has 0 spiro atoms. The van der Waals surface area contributed by atoms with E-state index in [4.69, 9.17) is 4.74 Å². The number of nitrogens with zero attached hydrogens (tertiary/aromatic N) is 2. The minimum Gasteiger partial charge on any atom is -0.378 e. The van der Waals surface area contributed by atoms with Crippen LogP contribution in [0.1, 0.15) is 44.6 Å². The number of rotatable bonds is 4. The van der Waals surface area contributed by atoms with Crippen molar-refractivity contribution in [3.63, 3.8) is 0 Å². The highest BCUT2D eigenvalue weighted by Crippen LogP contribution is 2.26. The van der Waals surface area contributed by atoms with Gasteiger partial charge in [0, 0.05) is 30.9 Å². The Hall–Kier alpha value is -2.47. The van der Waals surface area contributed by atoms with Gasteiger partial charge in [-0.2, -0.15) is 0 Å². The topological polar surface area (TPSA) is 51.5 Å². The fraction of sp³-hybridized carbons (Fsp3) is 0.400. The minimum absolute atomic E-state index is 0.0612. The van der Waals surface area contributed by atoms with Crippen LogP contribution in [0.15, 0.2) is 24.3 Å². The Morgan fingerprint density at radius 2 is 1.73 bits per heavy atom. The summed E-state index contributed by atoms with van der Waals surface area (Å²) in [5.74, 6) is -0.458. The highest BCUT2D eigenvalue weighted by atomic mass is 19.1. The number of amides is 1. The van der Waals surface area contributed by atoms with E-state index in [-0.39, 0.29) is 17.5 Å². The number of ether oxygens (including phenoxy) is 1. The summed E-state index contributed by atoms with van der Waals surface area (Å²) in [5, 5.41) is 0. The standard InChI is InChI=1S/C20H23FN2O3/c1-13-18(15(3)24)14(2)23(12-16-4-6-17(21)7-5-16)19(13)20(25)22-8-10-26-11-9-22/h4-7H,8-12H2,1-3H3. The number of aromatic nitrogens is 1. The van der Waals surface area contributed by atoms with Gasteiger partial charge >= 0.3 is 0 Å². The summed E-state index contributed by atoms with van der Waals surface area (Å²) < 4.78 is 20.4. The minimum atomic E-state index is -0.303. The number of Topliss-reactive ketones (excluding diaryl/α,β-unsaturated/α-hetero) is 1. The van der Waals surface area contributed by atoms with Crippen LogP contribution < -0.4 is 0 Å². The van der Waals surface area contributed by atoms with Crippen molar-refractivity contribution >= 4 is 11.7 Å². The summed E-state index contributed by atoms with van der Waals surface area (Å²) in [4.78, 5) is 27.1. The average molecular weight is 358 g/mol. The van der Waals surface area contributed by atoms with E-state index in [9.17, 15) is 14.0 Å². The van der Waals surface area contributed by atoms with Gasteiger partial charge in [0.05, 0.1) is 13.2 Å². The molecule has 6 heteroatoms. The van der Waals surface area contributed by atoms with Crippen molar-refractivity contribution in [1.29, 1.82) is 0 Å². The first-order chi connectivity index (χ1) is 12.4. The largest absolute Gasteiger partial charge is 0.378 e. The van der Waals surface area contributed by atoms with Crippen LogP contribution in [0.2, 0.25) is 0 Å². The van der Waals surface area contributed by atoms with E-state index in [0.29, 0.717) is 49.7 Å². The molecule has 0 unspecified atom stereocenters. The average Bonchev–Trinajstić information content (AvgIpc) is 2.87. The lowest BCUT2D eigenvalue weighted by molar-refractivity contribution is 0.0295. The van der Waals surface area contributed by atoms with Gasteiger partial charge in [-0.05, 0) is 44.0 Å². The van der Waals surface area contributed by atoms with Gasteiger partial charge in [-0.15, -0.1) is 0 Å². The monoisotopic (exact) mass is 358 g/mol. The number of hydrogen-bond acceptors (Lipinski definition) is 3. The van der Waals surface area contributed by atoms with Crippen LogP contribution in [-0.4, -0.2) is 47.5 Å². The van der Waals surface area contributed by atoms with E-state index < -0.39 is 0 Å². The molecule has 2 heterocycles. The molecule has 5 nitrogen and oxygen atoms in total. The molecule has 1 fully saturated rings. The second kappa shape index (κ2) is 7.41. The number of benzene rings is 1. The van der Waals surface area contributed by atoms with Gasteiger partial charge in [-0.25, -0.2) is 4.39 Å². The Bertz CT molecular complexity index is 834. The molecule has 3 rings (SSSR count). The predicted molar refractivity (Wildman–Crippen MR) is 96.1 cm³/mol. The molecule has 0 atom stereocenters. The van der Waals surface area contributed by atoms with Crippen molar-refractivity contribution in [2.75, 3.05) is 26.3 Å². The molecule has 0 N–H and O–H groups in total. The number of ketones is 1. The van der Waals surface area contributed by atoms with E-state index in [1.165, 1.54) is 19.1 Å². The van der Waals surface area contributed by atoms with E-state index in [2.05, 4.69) is 0 Å². The SMILES string of the molecule is CC(=O)c1c(C)c(C(=O)N2CCOCC2)n(Cc2ccc(F)cc2)c1C. The molecule has 2 aromatic rings. The maximum Gasteiger partial charge on any atom is 0.270 e. The molecule has 0 aliphatic carbocycles. The van der Waals surface area contributed by atoms with Gasteiger partial charge in [-0.1, -0.05) is 12.1 Å². The molecular weight excluding hydrogens is 335 g/mol. The van der Waals surface area contributed by atoms with E-state index in [1.807, 2.05) is 18.4 Å². The number of morpholine rings is 1. The van der Waals surface area contributed by atoms with Gasteiger partial charge in [-0.3, -0.25) is 9.59 Å². The zero-order valence-electron chi connectivity index (χ0n) is 15.3. The lowest BCUT2D eigenvalue weighted by Gasteiger charge is -2.27. The van der Waals surface area contributed by atoms with Crippen LogP contribution in [0.5, 0.6) is 0 Å². The first kappa shape index (κ1) is 18.3.